The van der Waals surface area contributed by atoms with E-state index in [2.05, 4.69) is 108 Å². The van der Waals surface area contributed by atoms with E-state index in [1.807, 2.05) is 54.6 Å². The van der Waals surface area contributed by atoms with Crippen LogP contribution in [-0.4, -0.2) is 11.6 Å². The van der Waals surface area contributed by atoms with Gasteiger partial charge in [0.1, 0.15) is 0 Å². The normalized spacial score (nSPS) is 12.7. The number of benzene rings is 8. The first-order valence-electron chi connectivity index (χ1n) is 15.8. The molecule has 0 unspecified atom stereocenters. The molecule has 1 aliphatic carbocycles. The summed E-state index contributed by atoms with van der Waals surface area (Å²) in [6.45, 7) is 0. The number of para-hydroxylation sites is 1. The van der Waals surface area contributed by atoms with Crippen molar-refractivity contribution in [2.75, 3.05) is 4.90 Å². The zero-order chi connectivity index (χ0) is 31.5. The van der Waals surface area contributed by atoms with Crippen molar-refractivity contribution in [2.24, 2.45) is 0 Å². The van der Waals surface area contributed by atoms with Crippen LogP contribution in [0.4, 0.5) is 17.1 Å². The largest absolute Gasteiger partial charge is 0.309 e. The maximum Gasteiger partial charge on any atom is 0.197 e. The number of anilines is 3. The number of Topliss-reactive ketones (excluding diaryl/α,β-unsaturated/α-hetero) is 2. The fourth-order valence-corrected chi connectivity index (χ4v) is 7.00. The van der Waals surface area contributed by atoms with E-state index in [9.17, 15) is 9.59 Å². The van der Waals surface area contributed by atoms with Gasteiger partial charge in [0.25, 0.3) is 0 Å². The first-order valence-corrected chi connectivity index (χ1v) is 15.8. The highest BCUT2D eigenvalue weighted by Crippen LogP contribution is 2.44. The number of hydrogen-bond donors (Lipinski definition) is 0. The summed E-state index contributed by atoms with van der Waals surface area (Å²) >= 11 is 0. The fraction of sp³-hybridized carbons (Fsp3) is 0. The molecule has 0 amide bonds. The Balaban J connectivity index is 1.16. The van der Waals surface area contributed by atoms with Crippen LogP contribution in [-0.2, 0) is 0 Å². The van der Waals surface area contributed by atoms with Gasteiger partial charge in [-0.25, -0.2) is 0 Å². The summed E-state index contributed by atoms with van der Waals surface area (Å²) in [5, 5.41) is 8.73. The molecule has 8 aromatic rings. The Kier molecular flexibility index (Phi) is 6.12. The third kappa shape index (κ3) is 4.44. The van der Waals surface area contributed by atoms with Crippen LogP contribution in [0, 0.1) is 0 Å². The minimum atomic E-state index is -0.216. The van der Waals surface area contributed by atoms with Gasteiger partial charge in [0.2, 0.25) is 0 Å². The van der Waals surface area contributed by atoms with Gasteiger partial charge in [-0.15, -0.1) is 0 Å². The third-order valence-electron chi connectivity index (χ3n) is 9.26. The molecule has 1 aliphatic rings. The predicted molar refractivity (Wildman–Crippen MR) is 194 cm³/mol. The monoisotopic (exact) mass is 601 g/mol. The fourth-order valence-electron chi connectivity index (χ4n) is 7.00. The van der Waals surface area contributed by atoms with E-state index in [-0.39, 0.29) is 17.1 Å². The molecule has 47 heavy (non-hydrogen) atoms. The highest BCUT2D eigenvalue weighted by Gasteiger charge is 2.33. The lowest BCUT2D eigenvalue weighted by Gasteiger charge is -2.28. The standard InChI is InChI=1S/C44H27NO2/c46-43-39-26-29-10-4-5-11-30(29)27-40(39)44(47)41(43)23-28-18-19-32-25-36(21-20-31(32)22-28)45(35-14-2-1-3-15-35)42-37-16-8-6-12-33(37)24-34-13-7-9-17-38(34)42/h1-27H. The van der Waals surface area contributed by atoms with Crippen molar-refractivity contribution in [3.63, 3.8) is 0 Å². The molecule has 0 atom stereocenters. The number of nitrogens with zero attached hydrogens (tertiary/aromatic N) is 1. The van der Waals surface area contributed by atoms with Crippen LogP contribution in [0.25, 0.3) is 49.2 Å². The van der Waals surface area contributed by atoms with Gasteiger partial charge >= 0.3 is 0 Å². The maximum atomic E-state index is 13.4. The van der Waals surface area contributed by atoms with Crippen LogP contribution in [0.1, 0.15) is 26.3 Å². The van der Waals surface area contributed by atoms with Gasteiger partial charge in [-0.05, 0) is 92.5 Å². The number of allylic oxidation sites excluding steroid dienone is 1. The Hall–Kier alpha value is -6.32. The van der Waals surface area contributed by atoms with Crippen molar-refractivity contribution in [3.8, 4) is 0 Å². The molecule has 3 nitrogen and oxygen atoms in total. The van der Waals surface area contributed by atoms with Crippen molar-refractivity contribution in [1.82, 2.24) is 0 Å². The molecule has 8 aromatic carbocycles. The van der Waals surface area contributed by atoms with Gasteiger partial charge in [0, 0.05) is 33.3 Å². The van der Waals surface area contributed by atoms with E-state index in [0.29, 0.717) is 11.1 Å². The molecular formula is C44H27NO2. The van der Waals surface area contributed by atoms with E-state index in [1.165, 1.54) is 21.5 Å². The van der Waals surface area contributed by atoms with Crippen molar-refractivity contribution < 1.29 is 9.59 Å². The third-order valence-corrected chi connectivity index (χ3v) is 9.26. The lowest BCUT2D eigenvalue weighted by atomic mass is 9.98. The number of fused-ring (bicyclic) bond motifs is 5. The van der Waals surface area contributed by atoms with E-state index in [4.69, 9.17) is 0 Å². The second-order valence-corrected chi connectivity index (χ2v) is 12.1. The van der Waals surface area contributed by atoms with Crippen LogP contribution >= 0.6 is 0 Å². The maximum absolute atomic E-state index is 13.4. The van der Waals surface area contributed by atoms with E-state index < -0.39 is 0 Å². The summed E-state index contributed by atoms with van der Waals surface area (Å²) < 4.78 is 0. The summed E-state index contributed by atoms with van der Waals surface area (Å²) in [5.74, 6) is -0.431. The Morgan fingerprint density at radius 3 is 1.55 bits per heavy atom. The first kappa shape index (κ1) is 27.0. The summed E-state index contributed by atoms with van der Waals surface area (Å²) in [5.41, 5.74) is 5.24. The number of ketones is 2. The number of rotatable bonds is 4. The van der Waals surface area contributed by atoms with Gasteiger partial charge < -0.3 is 4.90 Å². The number of carbonyl (C=O) groups excluding carboxylic acids is 2. The molecule has 0 spiro atoms. The van der Waals surface area contributed by atoms with Crippen LogP contribution < -0.4 is 4.90 Å². The average molecular weight is 602 g/mol. The molecule has 0 fully saturated rings. The van der Waals surface area contributed by atoms with Crippen LogP contribution in [0.5, 0.6) is 0 Å². The second-order valence-electron chi connectivity index (χ2n) is 12.1. The highest BCUT2D eigenvalue weighted by molar-refractivity contribution is 6.42. The van der Waals surface area contributed by atoms with Crippen molar-refractivity contribution in [2.45, 2.75) is 0 Å². The van der Waals surface area contributed by atoms with E-state index in [0.717, 1.165) is 44.2 Å². The van der Waals surface area contributed by atoms with Crippen LogP contribution in [0.15, 0.2) is 163 Å². The number of carbonyl (C=O) groups is 2. The number of hydrogen-bond acceptors (Lipinski definition) is 3. The predicted octanol–water partition coefficient (Wildman–Crippen LogP) is 11.2. The van der Waals surface area contributed by atoms with Gasteiger partial charge in [-0.1, -0.05) is 109 Å². The van der Waals surface area contributed by atoms with Crippen molar-refractivity contribution in [1.29, 1.82) is 0 Å². The molecule has 9 rings (SSSR count). The van der Waals surface area contributed by atoms with Crippen molar-refractivity contribution >= 4 is 77.8 Å². The zero-order valence-electron chi connectivity index (χ0n) is 25.4. The Labute approximate surface area is 271 Å². The average Bonchev–Trinajstić information content (AvgIpc) is 3.34. The van der Waals surface area contributed by atoms with Gasteiger partial charge in [0.15, 0.2) is 11.6 Å². The molecule has 0 N–H and O–H groups in total. The molecule has 0 aliphatic heterocycles. The highest BCUT2D eigenvalue weighted by atomic mass is 16.2. The minimum Gasteiger partial charge on any atom is -0.309 e. The molecular weight excluding hydrogens is 574 g/mol. The summed E-state index contributed by atoms with van der Waals surface area (Å²) in [7, 11) is 0. The topological polar surface area (TPSA) is 37.4 Å². The van der Waals surface area contributed by atoms with Crippen molar-refractivity contribution in [3.05, 3.63) is 180 Å². The summed E-state index contributed by atoms with van der Waals surface area (Å²) in [6.07, 6.45) is 1.74. The lowest BCUT2D eigenvalue weighted by Crippen LogP contribution is -2.11. The van der Waals surface area contributed by atoms with Gasteiger partial charge in [0.05, 0.1) is 11.3 Å². The quantitative estimate of drug-likeness (QED) is 0.114. The molecule has 220 valence electrons. The van der Waals surface area contributed by atoms with E-state index in [1.54, 1.807) is 6.08 Å². The zero-order valence-corrected chi connectivity index (χ0v) is 25.4. The van der Waals surface area contributed by atoms with Crippen LogP contribution in [0.2, 0.25) is 0 Å². The smallest absolute Gasteiger partial charge is 0.197 e. The molecule has 0 saturated heterocycles. The second kappa shape index (κ2) is 10.6. The molecule has 0 heterocycles. The lowest BCUT2D eigenvalue weighted by molar-refractivity contribution is 0.0990. The van der Waals surface area contributed by atoms with Crippen LogP contribution in [0.3, 0.4) is 0 Å². The molecule has 3 heteroatoms. The van der Waals surface area contributed by atoms with Gasteiger partial charge in [-0.2, -0.15) is 0 Å². The first-order chi connectivity index (χ1) is 23.1. The SMILES string of the molecule is O=C1C(=Cc2ccc3cc(N(c4ccccc4)c4c5ccccc5cc5ccccc45)ccc3c2)C(=O)c2cc3ccccc3cc21. The molecule has 0 aromatic heterocycles. The summed E-state index contributed by atoms with van der Waals surface area (Å²) in [6, 6.07) is 53.9. The Morgan fingerprint density at radius 2 is 0.915 bits per heavy atom. The minimum absolute atomic E-state index is 0.212. The molecule has 0 bridgehead atoms. The Bertz CT molecular complexity index is 2510. The summed E-state index contributed by atoms with van der Waals surface area (Å²) in [4.78, 5) is 29.1. The Morgan fingerprint density at radius 1 is 0.404 bits per heavy atom. The molecule has 0 saturated carbocycles. The van der Waals surface area contributed by atoms with E-state index >= 15 is 0 Å². The molecule has 0 radical (unpaired) electrons. The van der Waals surface area contributed by atoms with Gasteiger partial charge in [-0.3, -0.25) is 9.59 Å².